The molecule has 13 unspecified atom stereocenters. The van der Waals surface area contributed by atoms with Gasteiger partial charge in [0.05, 0.1) is 42.6 Å². The molecule has 7 rings (SSSR count). The fraction of sp³-hybridized carbons (Fsp3) is 0.465. The molecule has 0 bridgehead atoms. The van der Waals surface area contributed by atoms with Crippen LogP contribution in [-0.2, 0) is 28.5 Å². The Bertz CT molecular complexity index is 2460. The maximum atomic E-state index is 14.2. The molecule has 2 fully saturated rings. The fourth-order valence-corrected chi connectivity index (χ4v) is 8.70. The zero-order chi connectivity index (χ0) is 47.7. The van der Waals surface area contributed by atoms with E-state index in [-0.39, 0.29) is 28.0 Å². The maximum Gasteiger partial charge on any atom is 0.325 e. The van der Waals surface area contributed by atoms with Crippen LogP contribution in [0.4, 0.5) is 0 Å². The quantitative estimate of drug-likeness (QED) is 0.0849. The van der Waals surface area contributed by atoms with Crippen molar-refractivity contribution < 1.29 is 93.6 Å². The third-order valence-corrected chi connectivity index (χ3v) is 12.2. The Kier molecular flexibility index (Phi) is 13.0. The van der Waals surface area contributed by atoms with Crippen LogP contribution in [0.15, 0.2) is 24.3 Å². The minimum absolute atomic E-state index is 0.00195. The molecule has 0 saturated carbocycles. The summed E-state index contributed by atoms with van der Waals surface area (Å²) in [5, 5.41) is 107. The molecule has 22 heteroatoms. The SMILES string of the molecule is CNC1C(C)OC(OC2c3cc(C)c(C(=O)NC(C)C(=O)NC(C)C(=O)O)c(O)c3-c3c(cc4c(c3O)C(=O)c3cc(OC)cc(O)c3C4=O)C2O)C(O)C1OC1OCC(O)C(O)C1O. The molecular formula is C43H49N3O19. The predicted octanol–water partition coefficient (Wildman–Crippen LogP) is -1.11. The number of rotatable bonds is 11. The number of amides is 2. The van der Waals surface area contributed by atoms with Crippen LogP contribution >= 0.6 is 0 Å². The summed E-state index contributed by atoms with van der Waals surface area (Å²) in [6, 6.07) is 1.12. The number of aliphatic hydroxyl groups is 5. The summed E-state index contributed by atoms with van der Waals surface area (Å²) in [6.45, 7) is 5.00. The molecule has 65 heavy (non-hydrogen) atoms. The number of nitrogens with one attached hydrogen (secondary N) is 3. The molecule has 2 amide bonds. The molecule has 0 radical (unpaired) electrons. The largest absolute Gasteiger partial charge is 0.507 e. The van der Waals surface area contributed by atoms with E-state index in [0.717, 1.165) is 12.1 Å². The number of hydrogen-bond acceptors (Lipinski definition) is 19. The van der Waals surface area contributed by atoms with Crippen molar-refractivity contribution in [3.05, 3.63) is 68.8 Å². The van der Waals surface area contributed by atoms with E-state index in [1.807, 2.05) is 0 Å². The molecule has 4 aliphatic rings. The lowest BCUT2D eigenvalue weighted by molar-refractivity contribution is -0.339. The Morgan fingerprint density at radius 1 is 0.785 bits per heavy atom. The molecule has 0 spiro atoms. The van der Waals surface area contributed by atoms with Crippen molar-refractivity contribution in [3.63, 3.8) is 0 Å². The van der Waals surface area contributed by atoms with Gasteiger partial charge in [0, 0.05) is 28.3 Å². The Morgan fingerprint density at radius 2 is 1.43 bits per heavy atom. The first kappa shape index (κ1) is 47.2. The highest BCUT2D eigenvalue weighted by molar-refractivity contribution is 6.31. The molecule has 3 aromatic rings. The summed E-state index contributed by atoms with van der Waals surface area (Å²) in [5.41, 5.74) is -3.56. The van der Waals surface area contributed by atoms with Gasteiger partial charge in [-0.25, -0.2) is 0 Å². The summed E-state index contributed by atoms with van der Waals surface area (Å²) in [5.74, 6) is -7.59. The summed E-state index contributed by atoms with van der Waals surface area (Å²) in [4.78, 5) is 66.4. The van der Waals surface area contributed by atoms with Crippen molar-refractivity contribution in [2.45, 2.75) is 107 Å². The minimum atomic E-state index is -1.92. The number of fused-ring (bicyclic) bond motifs is 5. The second-order valence-electron chi connectivity index (χ2n) is 16.4. The molecule has 3 aromatic carbocycles. The van der Waals surface area contributed by atoms with Gasteiger partial charge in [-0.15, -0.1) is 0 Å². The van der Waals surface area contributed by atoms with Crippen molar-refractivity contribution in [3.8, 4) is 34.1 Å². The number of carboxylic acids is 1. The van der Waals surface area contributed by atoms with Crippen molar-refractivity contribution >= 4 is 29.4 Å². The number of phenols is 3. The van der Waals surface area contributed by atoms with E-state index < -0.39 is 166 Å². The van der Waals surface area contributed by atoms with Gasteiger partial charge < -0.3 is 85.6 Å². The average molecular weight is 912 g/mol. The zero-order valence-electron chi connectivity index (χ0n) is 35.6. The number of hydrogen-bond donors (Lipinski definition) is 12. The number of aryl methyl sites for hydroxylation is 1. The molecule has 0 aromatic heterocycles. The topological polar surface area (TPSA) is 350 Å². The summed E-state index contributed by atoms with van der Waals surface area (Å²) >= 11 is 0. The number of benzene rings is 3. The number of ether oxygens (including phenoxy) is 5. The molecule has 350 valence electrons. The minimum Gasteiger partial charge on any atom is -0.507 e. The van der Waals surface area contributed by atoms with Gasteiger partial charge in [-0.1, -0.05) is 6.07 Å². The monoisotopic (exact) mass is 911 g/mol. The van der Waals surface area contributed by atoms with E-state index in [1.54, 1.807) is 6.92 Å². The van der Waals surface area contributed by atoms with Crippen molar-refractivity contribution in [1.29, 1.82) is 0 Å². The van der Waals surface area contributed by atoms with E-state index in [1.165, 1.54) is 47.1 Å². The van der Waals surface area contributed by atoms with Crippen molar-refractivity contribution in [1.82, 2.24) is 16.0 Å². The molecule has 12 N–H and O–H groups in total. The summed E-state index contributed by atoms with van der Waals surface area (Å²) in [6.07, 6.45) is -15.7. The number of methoxy groups -OCH3 is 1. The van der Waals surface area contributed by atoms with Crippen LogP contribution < -0.4 is 20.7 Å². The van der Waals surface area contributed by atoms with Gasteiger partial charge in [-0.2, -0.15) is 0 Å². The van der Waals surface area contributed by atoms with Crippen LogP contribution in [-0.4, -0.2) is 163 Å². The number of aromatic hydroxyl groups is 3. The van der Waals surface area contributed by atoms with Gasteiger partial charge in [-0.3, -0.25) is 24.0 Å². The molecule has 13 atom stereocenters. The van der Waals surface area contributed by atoms with Gasteiger partial charge in [-0.05, 0) is 63.6 Å². The first-order valence-electron chi connectivity index (χ1n) is 20.4. The van der Waals surface area contributed by atoms with E-state index in [2.05, 4.69) is 16.0 Å². The Balaban J connectivity index is 1.35. The zero-order valence-corrected chi connectivity index (χ0v) is 35.6. The van der Waals surface area contributed by atoms with Gasteiger partial charge in [0.15, 0.2) is 24.1 Å². The first-order chi connectivity index (χ1) is 30.6. The smallest absolute Gasteiger partial charge is 0.325 e. The Labute approximate surface area is 369 Å². The van der Waals surface area contributed by atoms with Crippen LogP contribution in [0.2, 0.25) is 0 Å². The van der Waals surface area contributed by atoms with Gasteiger partial charge in [0.25, 0.3) is 5.91 Å². The number of aliphatic carboxylic acids is 1. The number of phenolic OH excluding ortho intramolecular Hbond substituents is 3. The average Bonchev–Trinajstić information content (AvgIpc) is 3.25. The molecule has 2 aliphatic heterocycles. The van der Waals surface area contributed by atoms with Crippen LogP contribution in [0.5, 0.6) is 23.0 Å². The van der Waals surface area contributed by atoms with Crippen LogP contribution in [0, 0.1) is 6.92 Å². The Morgan fingerprint density at radius 3 is 2.08 bits per heavy atom. The van der Waals surface area contributed by atoms with E-state index in [9.17, 15) is 69.9 Å². The lowest BCUT2D eigenvalue weighted by Gasteiger charge is -2.47. The maximum absolute atomic E-state index is 14.2. The third-order valence-electron chi connectivity index (χ3n) is 12.2. The number of aliphatic hydroxyl groups excluding tert-OH is 5. The molecule has 22 nitrogen and oxygen atoms in total. The number of likely N-dealkylation sites (N-methyl/N-ethyl adjacent to an activating group) is 1. The summed E-state index contributed by atoms with van der Waals surface area (Å²) < 4.78 is 29.0. The standard InChI is InChI=1S/C43H49N3O19/c1-12-7-20-26(33(53)23(12)40(58)45-13(2)39(57)46-14(3)41(59)60)25-18(10-19-27(34(25)54)30(50)17-8-16(61-6)9-21(47)24(17)29(19)49)31(51)37(20)64-43-36(56)38(28(44-5)15(4)63-43)65-42-35(55)32(52)22(48)11-62-42/h7-10,13-15,22,28,31-32,35-38,42-44,47-48,51-56H,11H2,1-6H3,(H,45,58)(H,46,57)(H,59,60). The lowest BCUT2D eigenvalue weighted by atomic mass is 9.74. The van der Waals surface area contributed by atoms with E-state index in [4.69, 9.17) is 23.7 Å². The normalized spacial score (nSPS) is 29.1. The van der Waals surface area contributed by atoms with Crippen molar-refractivity contribution in [2.24, 2.45) is 0 Å². The Hall–Kier alpha value is -5.79. The highest BCUT2D eigenvalue weighted by atomic mass is 16.7. The second kappa shape index (κ2) is 17.9. The highest BCUT2D eigenvalue weighted by Crippen LogP contribution is 2.57. The number of carbonyl (C=O) groups excluding carboxylic acids is 4. The fourth-order valence-electron chi connectivity index (χ4n) is 8.70. The van der Waals surface area contributed by atoms with Gasteiger partial charge in [0.1, 0.15) is 77.8 Å². The van der Waals surface area contributed by atoms with Crippen LogP contribution in [0.25, 0.3) is 11.1 Å². The van der Waals surface area contributed by atoms with E-state index >= 15 is 0 Å². The highest BCUT2D eigenvalue weighted by Gasteiger charge is 2.51. The molecular weight excluding hydrogens is 862 g/mol. The van der Waals surface area contributed by atoms with Crippen molar-refractivity contribution in [2.75, 3.05) is 20.8 Å². The third kappa shape index (κ3) is 8.04. The summed E-state index contributed by atoms with van der Waals surface area (Å²) in [7, 11) is 2.79. The lowest BCUT2D eigenvalue weighted by Crippen LogP contribution is -2.65. The van der Waals surface area contributed by atoms with Gasteiger partial charge in [0.2, 0.25) is 5.91 Å². The number of carboxylic acid groups (broad SMARTS) is 1. The van der Waals surface area contributed by atoms with Crippen LogP contribution in [0.1, 0.15) is 91.9 Å². The number of ketones is 2. The van der Waals surface area contributed by atoms with E-state index in [0.29, 0.717) is 0 Å². The molecule has 2 aliphatic carbocycles. The predicted molar refractivity (Wildman–Crippen MR) is 218 cm³/mol. The van der Waals surface area contributed by atoms with Crippen LogP contribution in [0.3, 0.4) is 0 Å². The number of carbonyl (C=O) groups is 5. The molecule has 2 heterocycles. The van der Waals surface area contributed by atoms with Gasteiger partial charge >= 0.3 is 5.97 Å². The first-order valence-corrected chi connectivity index (χ1v) is 20.4. The molecule has 2 saturated heterocycles. The second-order valence-corrected chi connectivity index (χ2v) is 16.4.